The van der Waals surface area contributed by atoms with Crippen LogP contribution >= 0.6 is 0 Å². The summed E-state index contributed by atoms with van der Waals surface area (Å²) in [7, 11) is 0. The Morgan fingerprint density at radius 3 is 2.68 bits per heavy atom. The third-order valence-corrected chi connectivity index (χ3v) is 2.73. The van der Waals surface area contributed by atoms with Crippen molar-refractivity contribution in [3.8, 4) is 5.75 Å². The summed E-state index contributed by atoms with van der Waals surface area (Å²) in [6, 6.07) is 9.27. The number of carbonyl (C=O) groups is 1. The molecule has 1 amide bonds. The second-order valence-electron chi connectivity index (χ2n) is 4.01. The number of hydrogen-bond acceptors (Lipinski definition) is 3. The van der Waals surface area contributed by atoms with Gasteiger partial charge in [-0.15, -0.1) is 0 Å². The van der Waals surface area contributed by atoms with Gasteiger partial charge in [0, 0.05) is 30.6 Å². The summed E-state index contributed by atoms with van der Waals surface area (Å²) in [5.41, 5.74) is 0.750. The number of aromatic nitrogens is 1. The molecular formula is C14H14N2O3. The Kier molecular flexibility index (Phi) is 3.66. The first-order valence-electron chi connectivity index (χ1n) is 5.91. The SMILES string of the molecule is CCN(C(=O)c1ccc(=O)[nH]c1)c1cccc(O)c1. The molecule has 0 atom stereocenters. The molecule has 2 N–H and O–H groups in total. The number of nitrogens with zero attached hydrogens (tertiary/aromatic N) is 1. The van der Waals surface area contributed by atoms with Crippen LogP contribution in [-0.4, -0.2) is 22.5 Å². The second-order valence-corrected chi connectivity index (χ2v) is 4.01. The topological polar surface area (TPSA) is 73.4 Å². The van der Waals surface area contributed by atoms with Crippen LogP contribution in [0, 0.1) is 0 Å². The van der Waals surface area contributed by atoms with E-state index < -0.39 is 0 Å². The lowest BCUT2D eigenvalue weighted by Gasteiger charge is -2.21. The molecule has 0 saturated heterocycles. The van der Waals surface area contributed by atoms with Gasteiger partial charge in [-0.1, -0.05) is 6.07 Å². The minimum absolute atomic E-state index is 0.102. The highest BCUT2D eigenvalue weighted by atomic mass is 16.3. The lowest BCUT2D eigenvalue weighted by molar-refractivity contribution is 0.0988. The average Bonchev–Trinajstić information content (AvgIpc) is 2.40. The van der Waals surface area contributed by atoms with Gasteiger partial charge in [0.2, 0.25) is 5.56 Å². The fraction of sp³-hybridized carbons (Fsp3) is 0.143. The zero-order chi connectivity index (χ0) is 13.8. The summed E-state index contributed by atoms with van der Waals surface area (Å²) in [6.45, 7) is 2.30. The summed E-state index contributed by atoms with van der Waals surface area (Å²) in [5.74, 6) is -0.130. The summed E-state index contributed by atoms with van der Waals surface area (Å²) in [4.78, 5) is 27.3. The van der Waals surface area contributed by atoms with E-state index in [1.54, 1.807) is 18.2 Å². The van der Waals surface area contributed by atoms with Crippen LogP contribution in [0.1, 0.15) is 17.3 Å². The van der Waals surface area contributed by atoms with Gasteiger partial charge in [-0.2, -0.15) is 0 Å². The molecule has 0 aliphatic carbocycles. The number of benzene rings is 1. The second kappa shape index (κ2) is 5.39. The van der Waals surface area contributed by atoms with Crippen molar-refractivity contribution in [3.63, 3.8) is 0 Å². The number of hydrogen-bond donors (Lipinski definition) is 2. The number of pyridine rings is 1. The molecule has 0 saturated carbocycles. The van der Waals surface area contributed by atoms with E-state index in [0.717, 1.165) is 0 Å². The fourth-order valence-electron chi connectivity index (χ4n) is 1.80. The number of aromatic amines is 1. The van der Waals surface area contributed by atoms with Gasteiger partial charge in [-0.25, -0.2) is 0 Å². The van der Waals surface area contributed by atoms with Crippen LogP contribution in [0.25, 0.3) is 0 Å². The number of H-pyrrole nitrogens is 1. The number of nitrogens with one attached hydrogen (secondary N) is 1. The van der Waals surface area contributed by atoms with Crippen molar-refractivity contribution in [2.24, 2.45) is 0 Å². The van der Waals surface area contributed by atoms with Gasteiger partial charge in [-0.05, 0) is 25.1 Å². The normalized spacial score (nSPS) is 10.2. The number of rotatable bonds is 3. The molecule has 0 spiro atoms. The smallest absolute Gasteiger partial charge is 0.259 e. The van der Waals surface area contributed by atoms with Crippen LogP contribution in [0.2, 0.25) is 0 Å². The predicted octanol–water partition coefficient (Wildman–Crippen LogP) is 1.75. The summed E-state index contributed by atoms with van der Waals surface area (Å²) < 4.78 is 0. The molecule has 19 heavy (non-hydrogen) atoms. The molecule has 1 aromatic carbocycles. The molecule has 1 heterocycles. The molecule has 2 aromatic rings. The van der Waals surface area contributed by atoms with E-state index in [1.165, 1.54) is 29.3 Å². The summed E-state index contributed by atoms with van der Waals surface area (Å²) in [6.07, 6.45) is 1.39. The van der Waals surface area contributed by atoms with Crippen LogP contribution in [0.15, 0.2) is 47.4 Å². The molecule has 0 fully saturated rings. The minimum atomic E-state index is -0.253. The first-order chi connectivity index (χ1) is 9.11. The van der Waals surface area contributed by atoms with E-state index in [-0.39, 0.29) is 17.2 Å². The van der Waals surface area contributed by atoms with Crippen molar-refractivity contribution in [2.45, 2.75) is 6.92 Å². The van der Waals surface area contributed by atoms with Gasteiger partial charge < -0.3 is 15.0 Å². The van der Waals surface area contributed by atoms with Crippen molar-refractivity contribution in [3.05, 3.63) is 58.5 Å². The Bertz CT molecular complexity index is 629. The molecule has 1 aromatic heterocycles. The van der Waals surface area contributed by atoms with E-state index in [2.05, 4.69) is 4.98 Å². The van der Waals surface area contributed by atoms with Crippen molar-refractivity contribution in [2.75, 3.05) is 11.4 Å². The number of carbonyl (C=O) groups excluding carboxylic acids is 1. The highest BCUT2D eigenvalue weighted by Crippen LogP contribution is 2.21. The van der Waals surface area contributed by atoms with Gasteiger partial charge in [0.15, 0.2) is 0 Å². The Morgan fingerprint density at radius 1 is 1.32 bits per heavy atom. The quantitative estimate of drug-likeness (QED) is 0.880. The zero-order valence-electron chi connectivity index (χ0n) is 10.5. The first-order valence-corrected chi connectivity index (χ1v) is 5.91. The monoisotopic (exact) mass is 258 g/mol. The van der Waals surface area contributed by atoms with Crippen LogP contribution in [-0.2, 0) is 0 Å². The Labute approximate surface area is 110 Å². The fourth-order valence-corrected chi connectivity index (χ4v) is 1.80. The predicted molar refractivity (Wildman–Crippen MR) is 72.5 cm³/mol. The van der Waals surface area contributed by atoms with E-state index >= 15 is 0 Å². The molecule has 0 aliphatic heterocycles. The molecule has 0 unspecified atom stereocenters. The van der Waals surface area contributed by atoms with Gasteiger partial charge in [-0.3, -0.25) is 9.59 Å². The molecule has 0 radical (unpaired) electrons. The van der Waals surface area contributed by atoms with E-state index in [0.29, 0.717) is 17.8 Å². The van der Waals surface area contributed by atoms with Crippen molar-refractivity contribution in [1.29, 1.82) is 0 Å². The highest BCUT2D eigenvalue weighted by Gasteiger charge is 2.16. The van der Waals surface area contributed by atoms with Gasteiger partial charge in [0.1, 0.15) is 5.75 Å². The molecule has 5 heteroatoms. The Hall–Kier alpha value is -2.56. The molecule has 0 bridgehead atoms. The maximum Gasteiger partial charge on any atom is 0.259 e. The molecule has 0 aliphatic rings. The van der Waals surface area contributed by atoms with Crippen LogP contribution in [0.4, 0.5) is 5.69 Å². The number of phenolic OH excluding ortho intramolecular Hbond substituents is 1. The largest absolute Gasteiger partial charge is 0.508 e. The van der Waals surface area contributed by atoms with Gasteiger partial charge in [0.25, 0.3) is 5.91 Å². The number of aromatic hydroxyl groups is 1. The number of phenols is 1. The van der Waals surface area contributed by atoms with E-state index in [9.17, 15) is 14.7 Å². The maximum atomic E-state index is 12.3. The Morgan fingerprint density at radius 2 is 2.11 bits per heavy atom. The standard InChI is InChI=1S/C14H14N2O3/c1-2-16(11-4-3-5-12(17)8-11)14(19)10-6-7-13(18)15-9-10/h3-9,17H,2H2,1H3,(H,15,18). The number of anilines is 1. The lowest BCUT2D eigenvalue weighted by atomic mass is 10.2. The van der Waals surface area contributed by atoms with E-state index in [1.807, 2.05) is 6.92 Å². The van der Waals surface area contributed by atoms with E-state index in [4.69, 9.17) is 0 Å². The summed E-state index contributed by atoms with van der Waals surface area (Å²) in [5, 5.41) is 9.46. The average molecular weight is 258 g/mol. The van der Waals surface area contributed by atoms with Gasteiger partial charge >= 0.3 is 0 Å². The third-order valence-electron chi connectivity index (χ3n) is 2.73. The molecular weight excluding hydrogens is 244 g/mol. The molecule has 5 nitrogen and oxygen atoms in total. The summed E-state index contributed by atoms with van der Waals surface area (Å²) >= 11 is 0. The number of amides is 1. The molecule has 2 rings (SSSR count). The van der Waals surface area contributed by atoms with Crippen LogP contribution < -0.4 is 10.5 Å². The van der Waals surface area contributed by atoms with Crippen molar-refractivity contribution in [1.82, 2.24) is 4.98 Å². The molecule has 98 valence electrons. The van der Waals surface area contributed by atoms with Crippen LogP contribution in [0.5, 0.6) is 5.75 Å². The lowest BCUT2D eigenvalue weighted by Crippen LogP contribution is -2.31. The highest BCUT2D eigenvalue weighted by molar-refractivity contribution is 6.05. The zero-order valence-corrected chi connectivity index (χ0v) is 10.5. The van der Waals surface area contributed by atoms with Crippen LogP contribution in [0.3, 0.4) is 0 Å². The van der Waals surface area contributed by atoms with Crippen molar-refractivity contribution < 1.29 is 9.90 Å². The van der Waals surface area contributed by atoms with Gasteiger partial charge in [0.05, 0.1) is 5.56 Å². The Balaban J connectivity index is 2.34. The van der Waals surface area contributed by atoms with Crippen molar-refractivity contribution >= 4 is 11.6 Å². The first kappa shape index (κ1) is 12.9. The maximum absolute atomic E-state index is 12.3. The third kappa shape index (κ3) is 2.82. The minimum Gasteiger partial charge on any atom is -0.508 e.